The summed E-state index contributed by atoms with van der Waals surface area (Å²) in [7, 11) is 0. The third-order valence-electron chi connectivity index (χ3n) is 3.67. The average molecular weight is 393 g/mol. The Morgan fingerprint density at radius 3 is 2.59 bits per heavy atom. The van der Waals surface area contributed by atoms with E-state index in [1.165, 1.54) is 0 Å². The number of anilines is 1. The fraction of sp³-hybridized carbons (Fsp3) is 0.350. The molecule has 0 aliphatic rings. The Morgan fingerprint density at radius 2 is 1.93 bits per heavy atom. The number of hydrogen-bond acceptors (Lipinski definition) is 5. The quantitative estimate of drug-likeness (QED) is 0.541. The maximum Gasteiger partial charge on any atom is 0.262 e. The Labute approximate surface area is 164 Å². The normalized spacial score (nSPS) is 10.5. The maximum absolute atomic E-state index is 12.1. The minimum absolute atomic E-state index is 0.0589. The Balaban J connectivity index is 2.02. The number of carbonyl (C=O) groups is 1. The molecule has 7 heteroatoms. The Kier molecular flexibility index (Phi) is 8.39. The molecule has 0 unspecified atom stereocenters. The number of nitrogens with one attached hydrogen (secondary N) is 2. The van der Waals surface area contributed by atoms with Crippen molar-refractivity contribution in [1.82, 2.24) is 5.32 Å². The van der Waals surface area contributed by atoms with Gasteiger partial charge in [0.1, 0.15) is 0 Å². The molecule has 1 amide bonds. The molecule has 27 heavy (non-hydrogen) atoms. The highest BCUT2D eigenvalue weighted by Crippen LogP contribution is 2.36. The zero-order valence-electron chi connectivity index (χ0n) is 15.5. The summed E-state index contributed by atoms with van der Waals surface area (Å²) in [4.78, 5) is 12.1. The molecule has 0 aliphatic heterocycles. The number of aliphatic hydroxyl groups excluding tert-OH is 1. The summed E-state index contributed by atoms with van der Waals surface area (Å²) in [6.07, 6.45) is 0. The van der Waals surface area contributed by atoms with Crippen molar-refractivity contribution in [2.45, 2.75) is 20.4 Å². The molecule has 2 rings (SSSR count). The number of ether oxygens (including phenoxy) is 2. The summed E-state index contributed by atoms with van der Waals surface area (Å²) in [5.74, 6) is 0.531. The molecule has 2 aromatic carbocycles. The lowest BCUT2D eigenvalue weighted by Gasteiger charge is -2.15. The predicted octanol–water partition coefficient (Wildman–Crippen LogP) is 3.15. The van der Waals surface area contributed by atoms with E-state index >= 15 is 0 Å². The summed E-state index contributed by atoms with van der Waals surface area (Å²) < 4.78 is 11.2. The van der Waals surface area contributed by atoms with E-state index in [0.29, 0.717) is 41.9 Å². The second kappa shape index (κ2) is 10.8. The SMILES string of the molecule is CCOc1cc(CNCCO)cc(Cl)c1OCC(=O)Nc1ccc(C)cc1. The first-order valence-corrected chi connectivity index (χ1v) is 9.17. The van der Waals surface area contributed by atoms with E-state index < -0.39 is 0 Å². The highest BCUT2D eigenvalue weighted by Gasteiger charge is 2.14. The molecule has 0 saturated carbocycles. The smallest absolute Gasteiger partial charge is 0.262 e. The van der Waals surface area contributed by atoms with Crippen molar-refractivity contribution in [1.29, 1.82) is 0 Å². The number of aliphatic hydroxyl groups is 1. The first-order valence-electron chi connectivity index (χ1n) is 8.79. The zero-order valence-corrected chi connectivity index (χ0v) is 16.3. The topological polar surface area (TPSA) is 79.8 Å². The van der Waals surface area contributed by atoms with Crippen molar-refractivity contribution in [3.05, 3.63) is 52.5 Å². The summed E-state index contributed by atoms with van der Waals surface area (Å²) in [5.41, 5.74) is 2.72. The van der Waals surface area contributed by atoms with Crippen molar-refractivity contribution in [3.63, 3.8) is 0 Å². The summed E-state index contributed by atoms with van der Waals surface area (Å²) >= 11 is 6.33. The monoisotopic (exact) mass is 392 g/mol. The van der Waals surface area contributed by atoms with Gasteiger partial charge in [-0.15, -0.1) is 0 Å². The Hall–Kier alpha value is -2.28. The molecule has 2 aromatic rings. The van der Waals surface area contributed by atoms with Crippen LogP contribution in [-0.4, -0.2) is 37.4 Å². The lowest BCUT2D eigenvalue weighted by Crippen LogP contribution is -2.20. The molecular formula is C20H25ClN2O4. The molecular weight excluding hydrogens is 368 g/mol. The van der Waals surface area contributed by atoms with Gasteiger partial charge in [0.05, 0.1) is 18.2 Å². The van der Waals surface area contributed by atoms with E-state index in [1.54, 1.807) is 6.07 Å². The van der Waals surface area contributed by atoms with E-state index in [2.05, 4.69) is 10.6 Å². The van der Waals surface area contributed by atoms with E-state index in [9.17, 15) is 4.79 Å². The van der Waals surface area contributed by atoms with Gasteiger partial charge < -0.3 is 25.2 Å². The Bertz CT molecular complexity index is 750. The van der Waals surface area contributed by atoms with Crippen molar-refractivity contribution in [2.24, 2.45) is 0 Å². The number of benzene rings is 2. The molecule has 146 valence electrons. The van der Waals surface area contributed by atoms with Crippen LogP contribution in [0.4, 0.5) is 5.69 Å². The maximum atomic E-state index is 12.1. The van der Waals surface area contributed by atoms with E-state index in [4.69, 9.17) is 26.2 Å². The van der Waals surface area contributed by atoms with Crippen LogP contribution in [-0.2, 0) is 11.3 Å². The van der Waals surface area contributed by atoms with Crippen molar-refractivity contribution in [2.75, 3.05) is 31.7 Å². The fourth-order valence-electron chi connectivity index (χ4n) is 2.41. The molecule has 0 bridgehead atoms. The van der Waals surface area contributed by atoms with E-state index in [0.717, 1.165) is 11.1 Å². The third kappa shape index (κ3) is 6.75. The second-order valence-electron chi connectivity index (χ2n) is 5.94. The molecule has 3 N–H and O–H groups in total. The minimum Gasteiger partial charge on any atom is -0.490 e. The molecule has 0 atom stereocenters. The Morgan fingerprint density at radius 1 is 1.19 bits per heavy atom. The average Bonchev–Trinajstić information content (AvgIpc) is 2.63. The summed E-state index contributed by atoms with van der Waals surface area (Å²) in [6.45, 7) is 5.18. The fourth-order valence-corrected chi connectivity index (χ4v) is 2.70. The number of carbonyl (C=O) groups excluding carboxylic acids is 1. The van der Waals surface area contributed by atoms with Gasteiger partial charge in [-0.05, 0) is 43.7 Å². The molecule has 0 spiro atoms. The third-order valence-corrected chi connectivity index (χ3v) is 3.95. The van der Waals surface area contributed by atoms with Crippen molar-refractivity contribution >= 4 is 23.2 Å². The van der Waals surface area contributed by atoms with Gasteiger partial charge in [-0.2, -0.15) is 0 Å². The van der Waals surface area contributed by atoms with Crippen LogP contribution in [0.5, 0.6) is 11.5 Å². The van der Waals surface area contributed by atoms with Gasteiger partial charge in [-0.25, -0.2) is 0 Å². The summed E-state index contributed by atoms with van der Waals surface area (Å²) in [6, 6.07) is 11.1. The van der Waals surface area contributed by atoms with Crippen LogP contribution >= 0.6 is 11.6 Å². The lowest BCUT2D eigenvalue weighted by molar-refractivity contribution is -0.118. The molecule has 6 nitrogen and oxygen atoms in total. The first-order chi connectivity index (χ1) is 13.0. The molecule has 0 heterocycles. The van der Waals surface area contributed by atoms with E-state index in [-0.39, 0.29) is 19.1 Å². The van der Waals surface area contributed by atoms with Crippen LogP contribution in [0.15, 0.2) is 36.4 Å². The van der Waals surface area contributed by atoms with Gasteiger partial charge in [0.15, 0.2) is 18.1 Å². The van der Waals surface area contributed by atoms with Gasteiger partial charge in [0.2, 0.25) is 0 Å². The van der Waals surface area contributed by atoms with Gasteiger partial charge in [-0.3, -0.25) is 4.79 Å². The van der Waals surface area contributed by atoms with Gasteiger partial charge in [-0.1, -0.05) is 29.3 Å². The number of aryl methyl sites for hydroxylation is 1. The molecule has 0 fully saturated rings. The number of hydrogen-bond donors (Lipinski definition) is 3. The summed E-state index contributed by atoms with van der Waals surface area (Å²) in [5, 5.41) is 15.1. The predicted molar refractivity (Wildman–Crippen MR) is 107 cm³/mol. The van der Waals surface area contributed by atoms with Crippen LogP contribution in [0.1, 0.15) is 18.1 Å². The van der Waals surface area contributed by atoms with Crippen LogP contribution < -0.4 is 20.1 Å². The standard InChI is InChI=1S/C20H25ClN2O4/c1-3-26-18-11-15(12-22-8-9-24)10-17(21)20(18)27-13-19(25)23-16-6-4-14(2)5-7-16/h4-7,10-11,22,24H,3,8-9,12-13H2,1-2H3,(H,23,25). The van der Waals surface area contributed by atoms with Crippen LogP contribution in [0.3, 0.4) is 0 Å². The first kappa shape index (κ1) is 21.0. The van der Waals surface area contributed by atoms with Gasteiger partial charge in [0.25, 0.3) is 5.91 Å². The van der Waals surface area contributed by atoms with Crippen molar-refractivity contribution in [3.8, 4) is 11.5 Å². The van der Waals surface area contributed by atoms with Crippen LogP contribution in [0.2, 0.25) is 5.02 Å². The van der Waals surface area contributed by atoms with Gasteiger partial charge >= 0.3 is 0 Å². The van der Waals surface area contributed by atoms with E-state index in [1.807, 2.05) is 44.2 Å². The minimum atomic E-state index is -0.286. The highest BCUT2D eigenvalue weighted by atomic mass is 35.5. The van der Waals surface area contributed by atoms with Crippen molar-refractivity contribution < 1.29 is 19.4 Å². The second-order valence-corrected chi connectivity index (χ2v) is 6.35. The van der Waals surface area contributed by atoms with Crippen LogP contribution in [0, 0.1) is 6.92 Å². The molecule has 0 radical (unpaired) electrons. The molecule has 0 saturated heterocycles. The number of rotatable bonds is 10. The number of halogens is 1. The molecule has 0 aromatic heterocycles. The number of amides is 1. The highest BCUT2D eigenvalue weighted by molar-refractivity contribution is 6.32. The van der Waals surface area contributed by atoms with Crippen LogP contribution in [0.25, 0.3) is 0 Å². The zero-order chi connectivity index (χ0) is 19.6. The largest absolute Gasteiger partial charge is 0.490 e. The van der Waals surface area contributed by atoms with Gasteiger partial charge in [0, 0.05) is 18.8 Å². The molecule has 0 aliphatic carbocycles. The lowest BCUT2D eigenvalue weighted by atomic mass is 10.2.